The highest BCUT2D eigenvalue weighted by molar-refractivity contribution is 6.06. The minimum atomic E-state index is -0.575. The number of hydrogen-bond donors (Lipinski definition) is 2. The Morgan fingerprint density at radius 1 is 1.08 bits per heavy atom. The third kappa shape index (κ3) is 4.82. The maximum Gasteiger partial charge on any atom is 0.255 e. The van der Waals surface area contributed by atoms with E-state index in [0.717, 1.165) is 22.4 Å². The molecule has 1 aliphatic rings. The molecule has 4 aromatic rings. The maximum atomic E-state index is 14.1. The van der Waals surface area contributed by atoms with Gasteiger partial charge in [-0.05, 0) is 56.2 Å². The summed E-state index contributed by atoms with van der Waals surface area (Å²) in [5.74, 6) is 0.831. The van der Waals surface area contributed by atoms with Crippen LogP contribution >= 0.6 is 0 Å². The van der Waals surface area contributed by atoms with Gasteiger partial charge >= 0.3 is 0 Å². The van der Waals surface area contributed by atoms with Crippen molar-refractivity contribution in [3.8, 4) is 11.5 Å². The van der Waals surface area contributed by atoms with Crippen molar-refractivity contribution in [3.05, 3.63) is 106 Å². The number of aromatic nitrogens is 3. The molecule has 2 heterocycles. The van der Waals surface area contributed by atoms with E-state index in [9.17, 15) is 9.18 Å². The van der Waals surface area contributed by atoms with E-state index in [1.807, 2.05) is 45.0 Å². The van der Waals surface area contributed by atoms with Crippen LogP contribution in [0.25, 0.3) is 0 Å². The Kier molecular flexibility index (Phi) is 6.83. The molecule has 1 amide bonds. The molecule has 0 spiro atoms. The van der Waals surface area contributed by atoms with Crippen LogP contribution in [-0.2, 0) is 11.4 Å². The van der Waals surface area contributed by atoms with Gasteiger partial charge in [0.2, 0.25) is 5.95 Å². The van der Waals surface area contributed by atoms with Crippen LogP contribution in [0.3, 0.4) is 0 Å². The van der Waals surface area contributed by atoms with E-state index in [0.29, 0.717) is 34.3 Å². The van der Waals surface area contributed by atoms with Gasteiger partial charge < -0.3 is 20.1 Å². The molecule has 8 nitrogen and oxygen atoms in total. The van der Waals surface area contributed by atoms with Crippen LogP contribution in [0.2, 0.25) is 0 Å². The van der Waals surface area contributed by atoms with Gasteiger partial charge in [0.25, 0.3) is 5.91 Å². The second-order valence-corrected chi connectivity index (χ2v) is 9.16. The normalized spacial score (nSPS) is 14.5. The molecule has 38 heavy (non-hydrogen) atoms. The lowest BCUT2D eigenvalue weighted by molar-refractivity contribution is -0.113. The van der Waals surface area contributed by atoms with Crippen LogP contribution in [0.4, 0.5) is 16.0 Å². The number of nitrogens with zero attached hydrogens (tertiary/aromatic N) is 3. The van der Waals surface area contributed by atoms with Crippen LogP contribution in [0.1, 0.15) is 35.2 Å². The highest BCUT2D eigenvalue weighted by Crippen LogP contribution is 2.39. The Labute approximate surface area is 220 Å². The van der Waals surface area contributed by atoms with E-state index in [2.05, 4.69) is 20.7 Å². The van der Waals surface area contributed by atoms with Gasteiger partial charge in [-0.15, -0.1) is 0 Å². The minimum Gasteiger partial charge on any atom is -0.493 e. The van der Waals surface area contributed by atoms with Crippen LogP contribution in [0.15, 0.2) is 78.3 Å². The molecule has 5 rings (SSSR count). The molecule has 1 aliphatic heterocycles. The fourth-order valence-electron chi connectivity index (χ4n) is 4.58. The summed E-state index contributed by atoms with van der Waals surface area (Å²) in [4.78, 5) is 18.0. The summed E-state index contributed by atoms with van der Waals surface area (Å²) < 4.78 is 27.2. The molecule has 2 N–H and O–H groups in total. The molecule has 1 aromatic heterocycles. The first-order valence-corrected chi connectivity index (χ1v) is 12.2. The van der Waals surface area contributed by atoms with Gasteiger partial charge in [0.15, 0.2) is 11.5 Å². The average molecular weight is 514 g/mol. The van der Waals surface area contributed by atoms with Gasteiger partial charge in [-0.1, -0.05) is 42.0 Å². The molecule has 194 valence electrons. The Morgan fingerprint density at radius 3 is 2.66 bits per heavy atom. The van der Waals surface area contributed by atoms with Crippen LogP contribution < -0.4 is 20.1 Å². The highest BCUT2D eigenvalue weighted by atomic mass is 19.1. The Balaban J connectivity index is 1.48. The predicted octanol–water partition coefficient (Wildman–Crippen LogP) is 5.55. The van der Waals surface area contributed by atoms with E-state index in [4.69, 9.17) is 9.47 Å². The fraction of sp³-hybridized carbons (Fsp3) is 0.207. The van der Waals surface area contributed by atoms with Crippen molar-refractivity contribution < 1.29 is 18.7 Å². The monoisotopic (exact) mass is 513 g/mol. The SMILES string of the molecule is COc1cc(C2C(C(=O)Nc3ccc(C)cc3C)=C(C)Nc3ncnn32)ccc1OCc1ccccc1F. The molecule has 3 aromatic carbocycles. The van der Waals surface area contributed by atoms with Crippen LogP contribution in [0.5, 0.6) is 11.5 Å². The molecule has 0 radical (unpaired) electrons. The summed E-state index contributed by atoms with van der Waals surface area (Å²) >= 11 is 0. The molecule has 1 atom stereocenters. The Bertz CT molecular complexity index is 1540. The topological polar surface area (TPSA) is 90.3 Å². The molecule has 0 aliphatic carbocycles. The number of rotatable bonds is 7. The number of hydrogen-bond acceptors (Lipinski definition) is 6. The predicted molar refractivity (Wildman–Crippen MR) is 143 cm³/mol. The maximum absolute atomic E-state index is 14.1. The van der Waals surface area contributed by atoms with Crippen LogP contribution in [-0.4, -0.2) is 27.8 Å². The van der Waals surface area contributed by atoms with E-state index in [-0.39, 0.29) is 18.3 Å². The quantitative estimate of drug-likeness (QED) is 0.337. The lowest BCUT2D eigenvalue weighted by Crippen LogP contribution is -2.31. The van der Waals surface area contributed by atoms with E-state index < -0.39 is 6.04 Å². The highest BCUT2D eigenvalue weighted by Gasteiger charge is 2.34. The van der Waals surface area contributed by atoms with Gasteiger partial charge in [0.1, 0.15) is 24.8 Å². The van der Waals surface area contributed by atoms with Crippen molar-refractivity contribution in [1.82, 2.24) is 14.8 Å². The third-order valence-electron chi connectivity index (χ3n) is 6.51. The number of amides is 1. The second kappa shape index (κ2) is 10.4. The summed E-state index contributed by atoms with van der Waals surface area (Å²) in [6.45, 7) is 5.85. The number of anilines is 2. The van der Waals surface area contributed by atoms with Gasteiger partial charge in [0, 0.05) is 16.9 Å². The smallest absolute Gasteiger partial charge is 0.255 e. The van der Waals surface area contributed by atoms with E-state index >= 15 is 0 Å². The van der Waals surface area contributed by atoms with Crippen molar-refractivity contribution in [3.63, 3.8) is 0 Å². The molecule has 9 heteroatoms. The minimum absolute atomic E-state index is 0.0471. The number of carbonyl (C=O) groups excluding carboxylic acids is 1. The van der Waals surface area contributed by atoms with Gasteiger partial charge in [-0.2, -0.15) is 10.1 Å². The molecule has 1 unspecified atom stereocenters. The van der Waals surface area contributed by atoms with Gasteiger partial charge in [-0.3, -0.25) is 4.79 Å². The number of allylic oxidation sites excluding steroid dienone is 1. The summed E-state index contributed by atoms with van der Waals surface area (Å²) in [6, 6.07) is 17.2. The number of benzene rings is 3. The molecule has 0 saturated heterocycles. The second-order valence-electron chi connectivity index (χ2n) is 9.16. The largest absolute Gasteiger partial charge is 0.493 e. The standard InChI is InChI=1S/C29H28FN5O3/c1-17-9-11-23(18(2)13-17)34-28(36)26-19(3)33-29-31-16-32-35(29)27(26)20-10-12-24(25(14-20)37-4)38-15-21-7-5-6-8-22(21)30/h5-14,16,27H,15H2,1-4H3,(H,34,36)(H,31,32,33). The number of methoxy groups -OCH3 is 1. The van der Waals surface area contributed by atoms with Gasteiger partial charge in [-0.25, -0.2) is 9.07 Å². The van der Waals surface area contributed by atoms with Crippen molar-refractivity contribution >= 4 is 17.5 Å². The summed E-state index contributed by atoms with van der Waals surface area (Å²) in [7, 11) is 1.53. The summed E-state index contributed by atoms with van der Waals surface area (Å²) in [5.41, 5.74) is 5.16. The number of carbonyl (C=O) groups is 1. The number of fused-ring (bicyclic) bond motifs is 1. The molecular formula is C29H28FN5O3. The van der Waals surface area contributed by atoms with Crippen molar-refractivity contribution in [2.24, 2.45) is 0 Å². The zero-order valence-corrected chi connectivity index (χ0v) is 21.6. The van der Waals surface area contributed by atoms with Gasteiger partial charge in [0.05, 0.1) is 12.7 Å². The number of aryl methyl sites for hydroxylation is 2. The van der Waals surface area contributed by atoms with Crippen molar-refractivity contribution in [1.29, 1.82) is 0 Å². The summed E-state index contributed by atoms with van der Waals surface area (Å²) in [6.07, 6.45) is 1.44. The molecule has 0 fully saturated rings. The first kappa shape index (κ1) is 25.0. The van der Waals surface area contributed by atoms with Crippen molar-refractivity contribution in [2.45, 2.75) is 33.4 Å². The van der Waals surface area contributed by atoms with E-state index in [1.165, 1.54) is 19.5 Å². The van der Waals surface area contributed by atoms with Crippen LogP contribution in [0, 0.1) is 19.7 Å². The Morgan fingerprint density at radius 2 is 1.89 bits per heavy atom. The summed E-state index contributed by atoms with van der Waals surface area (Å²) in [5, 5.41) is 10.6. The van der Waals surface area contributed by atoms with E-state index in [1.54, 1.807) is 35.0 Å². The number of nitrogens with one attached hydrogen (secondary N) is 2. The average Bonchev–Trinajstić information content (AvgIpc) is 3.37. The molecule has 0 bridgehead atoms. The zero-order chi connectivity index (χ0) is 26.8. The molecule has 0 saturated carbocycles. The lowest BCUT2D eigenvalue weighted by atomic mass is 9.94. The Hall–Kier alpha value is -4.66. The first-order chi connectivity index (χ1) is 18.4. The molecular weight excluding hydrogens is 485 g/mol. The number of ether oxygens (including phenoxy) is 2. The number of halogens is 1. The van der Waals surface area contributed by atoms with Crippen molar-refractivity contribution in [2.75, 3.05) is 17.7 Å². The third-order valence-corrected chi connectivity index (χ3v) is 6.51. The lowest BCUT2D eigenvalue weighted by Gasteiger charge is -2.29. The first-order valence-electron chi connectivity index (χ1n) is 12.2. The fourth-order valence-corrected chi connectivity index (χ4v) is 4.58. The zero-order valence-electron chi connectivity index (χ0n) is 21.6.